The fourth-order valence-corrected chi connectivity index (χ4v) is 1.05. The van der Waals surface area contributed by atoms with Gasteiger partial charge in [0.25, 0.3) is 0 Å². The number of nitrogens with zero attached hydrogens (tertiary/aromatic N) is 1. The molecule has 3 heteroatoms. The Kier molecular flexibility index (Phi) is 3.30. The second-order valence-electron chi connectivity index (χ2n) is 2.77. The predicted octanol–water partition coefficient (Wildman–Crippen LogP) is 1.88. The van der Waals surface area contributed by atoms with E-state index < -0.39 is 0 Å². The number of hydrogen-bond acceptors (Lipinski definition) is 3. The number of nitriles is 1. The van der Waals surface area contributed by atoms with Crippen molar-refractivity contribution in [3.05, 3.63) is 29.3 Å². The maximum Gasteiger partial charge on any atom is 0.116 e. The summed E-state index contributed by atoms with van der Waals surface area (Å²) in [6.07, 6.45) is 0. The van der Waals surface area contributed by atoms with E-state index in [4.69, 9.17) is 10.00 Å². The van der Waals surface area contributed by atoms with Crippen LogP contribution in [0.1, 0.15) is 11.1 Å². The summed E-state index contributed by atoms with van der Waals surface area (Å²) in [5.41, 5.74) is 2.59. The summed E-state index contributed by atoms with van der Waals surface area (Å²) in [4.78, 5) is 0. The van der Waals surface area contributed by atoms with Crippen LogP contribution in [0.5, 0.6) is 0 Å². The van der Waals surface area contributed by atoms with Crippen LogP contribution in [0.2, 0.25) is 0 Å². The second-order valence-corrected chi connectivity index (χ2v) is 2.77. The van der Waals surface area contributed by atoms with Gasteiger partial charge in [0.15, 0.2) is 0 Å². The first-order valence-corrected chi connectivity index (χ1v) is 4.01. The van der Waals surface area contributed by atoms with Gasteiger partial charge in [-0.25, -0.2) is 0 Å². The molecular weight excluding hydrogens is 164 g/mol. The standard InChI is InChI=1S/C10H12N2O/c1-8-3-4-9(6-11)10(5-8)12-7-13-2/h3-5,12H,7H2,1-2H3. The van der Waals surface area contributed by atoms with E-state index in [1.807, 2.05) is 19.1 Å². The Morgan fingerprint density at radius 1 is 1.54 bits per heavy atom. The van der Waals surface area contributed by atoms with Crippen LogP contribution in [0.3, 0.4) is 0 Å². The van der Waals surface area contributed by atoms with Crippen LogP contribution < -0.4 is 5.32 Å². The van der Waals surface area contributed by atoms with Crippen molar-refractivity contribution in [2.75, 3.05) is 19.2 Å². The lowest BCUT2D eigenvalue weighted by Crippen LogP contribution is -2.04. The van der Waals surface area contributed by atoms with Gasteiger partial charge in [0.2, 0.25) is 0 Å². The summed E-state index contributed by atoms with van der Waals surface area (Å²) >= 11 is 0. The molecule has 0 bridgehead atoms. The monoisotopic (exact) mass is 176 g/mol. The smallest absolute Gasteiger partial charge is 0.116 e. The highest BCUT2D eigenvalue weighted by Gasteiger charge is 1.99. The molecular formula is C10H12N2O. The summed E-state index contributed by atoms with van der Waals surface area (Å²) in [6, 6.07) is 7.75. The lowest BCUT2D eigenvalue weighted by atomic mass is 10.1. The molecule has 0 aromatic heterocycles. The van der Waals surface area contributed by atoms with Gasteiger partial charge in [-0.3, -0.25) is 0 Å². The molecule has 68 valence electrons. The lowest BCUT2D eigenvalue weighted by molar-refractivity contribution is 0.221. The minimum Gasteiger partial charge on any atom is -0.365 e. The molecule has 1 aromatic rings. The van der Waals surface area contributed by atoms with Crippen molar-refractivity contribution >= 4 is 5.69 Å². The molecule has 0 aliphatic heterocycles. The SMILES string of the molecule is COCNc1cc(C)ccc1C#N. The number of ether oxygens (including phenoxy) is 1. The van der Waals surface area contributed by atoms with E-state index in [9.17, 15) is 0 Å². The second kappa shape index (κ2) is 4.48. The highest BCUT2D eigenvalue weighted by atomic mass is 16.5. The third-order valence-corrected chi connectivity index (χ3v) is 1.70. The first-order valence-electron chi connectivity index (χ1n) is 4.01. The van der Waals surface area contributed by atoms with Crippen LogP contribution >= 0.6 is 0 Å². The first kappa shape index (κ1) is 9.56. The van der Waals surface area contributed by atoms with Crippen molar-refractivity contribution in [3.8, 4) is 6.07 Å². The molecule has 1 aromatic carbocycles. The minimum absolute atomic E-state index is 0.415. The zero-order valence-electron chi connectivity index (χ0n) is 7.79. The van der Waals surface area contributed by atoms with E-state index in [0.29, 0.717) is 12.3 Å². The number of anilines is 1. The van der Waals surface area contributed by atoms with Crippen molar-refractivity contribution in [1.82, 2.24) is 0 Å². The van der Waals surface area contributed by atoms with E-state index in [2.05, 4.69) is 11.4 Å². The Hall–Kier alpha value is -1.53. The van der Waals surface area contributed by atoms with Crippen LogP contribution in [0.4, 0.5) is 5.69 Å². The normalized spacial score (nSPS) is 9.31. The third kappa shape index (κ3) is 2.46. The summed E-state index contributed by atoms with van der Waals surface area (Å²) in [6.45, 7) is 2.40. The molecule has 0 unspecified atom stereocenters. The van der Waals surface area contributed by atoms with Crippen molar-refractivity contribution < 1.29 is 4.74 Å². The maximum atomic E-state index is 8.78. The van der Waals surface area contributed by atoms with Crippen LogP contribution in [0.15, 0.2) is 18.2 Å². The first-order chi connectivity index (χ1) is 6.27. The van der Waals surface area contributed by atoms with Gasteiger partial charge in [-0.15, -0.1) is 0 Å². The molecule has 0 heterocycles. The van der Waals surface area contributed by atoms with E-state index in [1.165, 1.54) is 0 Å². The number of rotatable bonds is 3. The van der Waals surface area contributed by atoms with Gasteiger partial charge < -0.3 is 10.1 Å². The summed E-state index contributed by atoms with van der Waals surface area (Å²) in [5.74, 6) is 0. The molecule has 3 nitrogen and oxygen atoms in total. The van der Waals surface area contributed by atoms with Crippen molar-refractivity contribution in [2.45, 2.75) is 6.92 Å². The van der Waals surface area contributed by atoms with Gasteiger partial charge in [-0.2, -0.15) is 5.26 Å². The number of hydrogen-bond donors (Lipinski definition) is 1. The molecule has 0 fully saturated rings. The zero-order valence-corrected chi connectivity index (χ0v) is 7.79. The molecule has 0 radical (unpaired) electrons. The fraction of sp³-hybridized carbons (Fsp3) is 0.300. The molecule has 0 saturated heterocycles. The number of benzene rings is 1. The Labute approximate surface area is 77.9 Å². The van der Waals surface area contributed by atoms with Gasteiger partial charge in [0.05, 0.1) is 11.3 Å². The Balaban J connectivity index is 2.89. The molecule has 0 aliphatic rings. The zero-order chi connectivity index (χ0) is 9.68. The van der Waals surface area contributed by atoms with Crippen molar-refractivity contribution in [3.63, 3.8) is 0 Å². The average Bonchev–Trinajstić information content (AvgIpc) is 2.15. The molecule has 0 atom stereocenters. The van der Waals surface area contributed by atoms with Gasteiger partial charge >= 0.3 is 0 Å². The number of methoxy groups -OCH3 is 1. The predicted molar refractivity (Wildman–Crippen MR) is 51.4 cm³/mol. The topological polar surface area (TPSA) is 45.0 Å². The summed E-state index contributed by atoms with van der Waals surface area (Å²) in [5, 5.41) is 11.8. The Bertz CT molecular complexity index is 328. The van der Waals surface area contributed by atoms with Gasteiger partial charge in [0.1, 0.15) is 12.8 Å². The lowest BCUT2D eigenvalue weighted by Gasteiger charge is -2.07. The van der Waals surface area contributed by atoms with E-state index in [1.54, 1.807) is 13.2 Å². The van der Waals surface area contributed by atoms with Crippen molar-refractivity contribution in [2.24, 2.45) is 0 Å². The maximum absolute atomic E-state index is 8.78. The van der Waals surface area contributed by atoms with Crippen molar-refractivity contribution in [1.29, 1.82) is 5.26 Å². The quantitative estimate of drug-likeness (QED) is 0.715. The van der Waals surface area contributed by atoms with Crippen LogP contribution in [0, 0.1) is 18.3 Å². The largest absolute Gasteiger partial charge is 0.365 e. The van der Waals surface area contributed by atoms with Crippen LogP contribution in [-0.2, 0) is 4.74 Å². The molecule has 1 N–H and O–H groups in total. The third-order valence-electron chi connectivity index (χ3n) is 1.70. The van der Waals surface area contributed by atoms with Gasteiger partial charge in [0, 0.05) is 7.11 Å². The highest BCUT2D eigenvalue weighted by molar-refractivity contribution is 5.58. The molecule has 0 spiro atoms. The van der Waals surface area contributed by atoms with Crippen LogP contribution in [-0.4, -0.2) is 13.8 Å². The summed E-state index contributed by atoms with van der Waals surface area (Å²) < 4.78 is 4.86. The molecule has 13 heavy (non-hydrogen) atoms. The van der Waals surface area contributed by atoms with E-state index in [-0.39, 0.29) is 0 Å². The van der Waals surface area contributed by atoms with E-state index in [0.717, 1.165) is 11.3 Å². The molecule has 0 aliphatic carbocycles. The molecule has 1 rings (SSSR count). The Morgan fingerprint density at radius 3 is 2.92 bits per heavy atom. The van der Waals surface area contributed by atoms with Gasteiger partial charge in [-0.05, 0) is 24.6 Å². The highest BCUT2D eigenvalue weighted by Crippen LogP contribution is 2.15. The molecule has 0 saturated carbocycles. The van der Waals surface area contributed by atoms with Gasteiger partial charge in [-0.1, -0.05) is 6.07 Å². The van der Waals surface area contributed by atoms with Crippen LogP contribution in [0.25, 0.3) is 0 Å². The fourth-order valence-electron chi connectivity index (χ4n) is 1.05. The summed E-state index contributed by atoms with van der Waals surface area (Å²) in [7, 11) is 1.61. The van der Waals surface area contributed by atoms with E-state index >= 15 is 0 Å². The Morgan fingerprint density at radius 2 is 2.31 bits per heavy atom. The number of nitrogens with one attached hydrogen (secondary N) is 1. The average molecular weight is 176 g/mol. The molecule has 0 amide bonds. The number of aryl methyl sites for hydroxylation is 1. The minimum atomic E-state index is 0.415.